The van der Waals surface area contributed by atoms with Gasteiger partial charge in [-0.15, -0.1) is 0 Å². The van der Waals surface area contributed by atoms with Crippen LogP contribution in [0, 0.1) is 6.92 Å². The Kier molecular flexibility index (Phi) is 6.44. The maximum atomic E-state index is 11.8. The van der Waals surface area contributed by atoms with Gasteiger partial charge in [0, 0.05) is 18.1 Å². The van der Waals surface area contributed by atoms with Crippen LogP contribution in [0.15, 0.2) is 48.5 Å². The number of carbonyl (C=O) groups is 1. The standard InChI is InChI=1S/C18H21ClN2O/c1-14-4-2-6-16(10-14)12-20-13-18(22)21-9-8-15-5-3-7-17(19)11-15/h2-7,10-11,20H,8-9,12-13H2,1H3,(H,21,22). The molecule has 22 heavy (non-hydrogen) atoms. The van der Waals surface area contributed by atoms with Gasteiger partial charge in [-0.2, -0.15) is 0 Å². The van der Waals surface area contributed by atoms with Gasteiger partial charge in [0.15, 0.2) is 0 Å². The molecule has 0 unspecified atom stereocenters. The number of hydrogen-bond acceptors (Lipinski definition) is 2. The minimum atomic E-state index is 0.00896. The summed E-state index contributed by atoms with van der Waals surface area (Å²) in [4.78, 5) is 11.8. The Morgan fingerprint density at radius 1 is 1.09 bits per heavy atom. The fourth-order valence-electron chi connectivity index (χ4n) is 2.24. The predicted molar refractivity (Wildman–Crippen MR) is 91.1 cm³/mol. The topological polar surface area (TPSA) is 41.1 Å². The minimum absolute atomic E-state index is 0.00896. The second kappa shape index (κ2) is 8.57. The Bertz CT molecular complexity index is 574. The molecule has 2 rings (SSSR count). The van der Waals surface area contributed by atoms with Crippen LogP contribution in [0.3, 0.4) is 0 Å². The van der Waals surface area contributed by atoms with Gasteiger partial charge in [-0.1, -0.05) is 53.6 Å². The van der Waals surface area contributed by atoms with Gasteiger partial charge < -0.3 is 10.6 Å². The fraction of sp³-hybridized carbons (Fsp3) is 0.278. The number of benzene rings is 2. The fourth-order valence-corrected chi connectivity index (χ4v) is 2.46. The Balaban J connectivity index is 1.64. The molecular weight excluding hydrogens is 296 g/mol. The van der Waals surface area contributed by atoms with Crippen molar-refractivity contribution < 1.29 is 4.79 Å². The van der Waals surface area contributed by atoms with Crippen LogP contribution in [0.5, 0.6) is 0 Å². The van der Waals surface area contributed by atoms with E-state index in [2.05, 4.69) is 35.8 Å². The van der Waals surface area contributed by atoms with Crippen LogP contribution in [-0.4, -0.2) is 19.0 Å². The molecule has 0 saturated heterocycles. The van der Waals surface area contributed by atoms with E-state index in [0.29, 0.717) is 19.6 Å². The molecule has 0 aromatic heterocycles. The maximum absolute atomic E-state index is 11.8. The van der Waals surface area contributed by atoms with Gasteiger partial charge in [-0.25, -0.2) is 0 Å². The highest BCUT2D eigenvalue weighted by Gasteiger charge is 2.01. The number of rotatable bonds is 7. The van der Waals surface area contributed by atoms with Crippen LogP contribution < -0.4 is 10.6 Å². The predicted octanol–water partition coefficient (Wildman–Crippen LogP) is 3.10. The van der Waals surface area contributed by atoms with Gasteiger partial charge in [0.05, 0.1) is 6.54 Å². The molecule has 2 N–H and O–H groups in total. The second-order valence-electron chi connectivity index (χ2n) is 5.32. The van der Waals surface area contributed by atoms with Crippen molar-refractivity contribution >= 4 is 17.5 Å². The first-order valence-electron chi connectivity index (χ1n) is 7.41. The van der Waals surface area contributed by atoms with Gasteiger partial charge in [0.25, 0.3) is 0 Å². The summed E-state index contributed by atoms with van der Waals surface area (Å²) >= 11 is 5.93. The Hall–Kier alpha value is -1.84. The third-order valence-electron chi connectivity index (χ3n) is 3.32. The molecule has 1 amide bonds. The molecule has 0 aliphatic carbocycles. The van der Waals surface area contributed by atoms with E-state index in [4.69, 9.17) is 11.6 Å². The summed E-state index contributed by atoms with van der Waals surface area (Å²) in [6.07, 6.45) is 0.782. The van der Waals surface area contributed by atoms with Crippen LogP contribution >= 0.6 is 11.6 Å². The Morgan fingerprint density at radius 3 is 2.64 bits per heavy atom. The zero-order valence-electron chi connectivity index (χ0n) is 12.7. The van der Waals surface area contributed by atoms with Gasteiger partial charge in [0.1, 0.15) is 0 Å². The van der Waals surface area contributed by atoms with E-state index in [-0.39, 0.29) is 5.91 Å². The average molecular weight is 317 g/mol. The van der Waals surface area contributed by atoms with Crippen molar-refractivity contribution in [1.29, 1.82) is 0 Å². The highest BCUT2D eigenvalue weighted by molar-refractivity contribution is 6.30. The zero-order chi connectivity index (χ0) is 15.8. The van der Waals surface area contributed by atoms with Gasteiger partial charge in [0.2, 0.25) is 5.91 Å². The van der Waals surface area contributed by atoms with Crippen LogP contribution in [0.4, 0.5) is 0 Å². The lowest BCUT2D eigenvalue weighted by Crippen LogP contribution is -2.34. The number of amides is 1. The normalized spacial score (nSPS) is 10.5. The minimum Gasteiger partial charge on any atom is -0.355 e. The summed E-state index contributed by atoms with van der Waals surface area (Å²) in [6, 6.07) is 15.9. The monoisotopic (exact) mass is 316 g/mol. The summed E-state index contributed by atoms with van der Waals surface area (Å²) < 4.78 is 0. The van der Waals surface area contributed by atoms with Crippen molar-refractivity contribution in [2.24, 2.45) is 0 Å². The molecule has 3 nitrogen and oxygen atoms in total. The SMILES string of the molecule is Cc1cccc(CNCC(=O)NCCc2cccc(Cl)c2)c1. The first-order chi connectivity index (χ1) is 10.6. The van der Waals surface area contributed by atoms with Crippen LogP contribution in [0.1, 0.15) is 16.7 Å². The molecular formula is C18H21ClN2O. The Labute approximate surface area is 136 Å². The number of nitrogens with one attached hydrogen (secondary N) is 2. The van der Waals surface area contributed by atoms with Crippen molar-refractivity contribution in [3.8, 4) is 0 Å². The molecule has 2 aromatic rings. The molecule has 0 aliphatic heterocycles. The first kappa shape index (κ1) is 16.5. The number of carbonyl (C=O) groups excluding carboxylic acids is 1. The third-order valence-corrected chi connectivity index (χ3v) is 3.56. The van der Waals surface area contributed by atoms with Gasteiger partial charge >= 0.3 is 0 Å². The van der Waals surface area contributed by atoms with E-state index in [1.807, 2.05) is 30.3 Å². The van der Waals surface area contributed by atoms with Crippen molar-refractivity contribution in [2.45, 2.75) is 19.9 Å². The number of hydrogen-bond donors (Lipinski definition) is 2. The molecule has 116 valence electrons. The Morgan fingerprint density at radius 2 is 1.86 bits per heavy atom. The number of aryl methyl sites for hydroxylation is 1. The molecule has 0 bridgehead atoms. The average Bonchev–Trinajstić information content (AvgIpc) is 2.47. The lowest BCUT2D eigenvalue weighted by Gasteiger charge is -2.07. The highest BCUT2D eigenvalue weighted by Crippen LogP contribution is 2.10. The van der Waals surface area contributed by atoms with E-state index in [1.54, 1.807) is 0 Å². The molecule has 0 aliphatic rings. The van der Waals surface area contributed by atoms with Crippen molar-refractivity contribution in [3.63, 3.8) is 0 Å². The van der Waals surface area contributed by atoms with E-state index < -0.39 is 0 Å². The molecule has 0 spiro atoms. The summed E-state index contributed by atoms with van der Waals surface area (Å²) in [5.41, 5.74) is 3.54. The van der Waals surface area contributed by atoms with Crippen molar-refractivity contribution in [1.82, 2.24) is 10.6 Å². The van der Waals surface area contributed by atoms with E-state index in [1.165, 1.54) is 11.1 Å². The van der Waals surface area contributed by atoms with E-state index in [0.717, 1.165) is 17.0 Å². The van der Waals surface area contributed by atoms with Crippen LogP contribution in [0.25, 0.3) is 0 Å². The van der Waals surface area contributed by atoms with E-state index in [9.17, 15) is 4.79 Å². The quantitative estimate of drug-likeness (QED) is 0.824. The smallest absolute Gasteiger partial charge is 0.233 e. The molecule has 2 aromatic carbocycles. The summed E-state index contributed by atoms with van der Waals surface area (Å²) in [5, 5.41) is 6.78. The highest BCUT2D eigenvalue weighted by atomic mass is 35.5. The lowest BCUT2D eigenvalue weighted by molar-refractivity contribution is -0.120. The van der Waals surface area contributed by atoms with E-state index >= 15 is 0 Å². The molecule has 0 saturated carbocycles. The van der Waals surface area contributed by atoms with Gasteiger partial charge in [-0.3, -0.25) is 4.79 Å². The number of halogens is 1. The molecule has 0 fully saturated rings. The van der Waals surface area contributed by atoms with Crippen molar-refractivity contribution in [2.75, 3.05) is 13.1 Å². The van der Waals surface area contributed by atoms with Crippen molar-refractivity contribution in [3.05, 3.63) is 70.2 Å². The first-order valence-corrected chi connectivity index (χ1v) is 7.79. The maximum Gasteiger partial charge on any atom is 0.233 e. The summed E-state index contributed by atoms with van der Waals surface area (Å²) in [6.45, 7) is 3.70. The largest absolute Gasteiger partial charge is 0.355 e. The molecule has 4 heteroatoms. The zero-order valence-corrected chi connectivity index (χ0v) is 13.5. The summed E-state index contributed by atoms with van der Waals surface area (Å²) in [5.74, 6) is 0.00896. The third kappa shape index (κ3) is 5.88. The van der Waals surface area contributed by atoms with Crippen LogP contribution in [0.2, 0.25) is 5.02 Å². The lowest BCUT2D eigenvalue weighted by atomic mass is 10.1. The molecule has 0 atom stereocenters. The molecule has 0 radical (unpaired) electrons. The van der Waals surface area contributed by atoms with Crippen LogP contribution in [-0.2, 0) is 17.8 Å². The van der Waals surface area contributed by atoms with Gasteiger partial charge in [-0.05, 0) is 36.6 Å². The second-order valence-corrected chi connectivity index (χ2v) is 5.76. The summed E-state index contributed by atoms with van der Waals surface area (Å²) in [7, 11) is 0. The molecule has 0 heterocycles.